The summed E-state index contributed by atoms with van der Waals surface area (Å²) in [4.78, 5) is 16.3. The molecule has 6 nitrogen and oxygen atoms in total. The number of nitrogens with zero attached hydrogens (tertiary/aromatic N) is 2. The second-order valence-corrected chi connectivity index (χ2v) is 6.66. The molecule has 0 radical (unpaired) electrons. The van der Waals surface area contributed by atoms with Crippen LogP contribution >= 0.6 is 11.3 Å². The normalized spacial score (nSPS) is 11.1. The first-order valence-electron chi connectivity index (χ1n) is 8.34. The van der Waals surface area contributed by atoms with E-state index in [0.717, 1.165) is 11.1 Å². The van der Waals surface area contributed by atoms with Crippen LogP contribution < -0.4 is 10.6 Å². The lowest BCUT2D eigenvalue weighted by Crippen LogP contribution is -2.34. The summed E-state index contributed by atoms with van der Waals surface area (Å²) in [6.07, 6.45) is 5.26. The molecule has 0 saturated heterocycles. The van der Waals surface area contributed by atoms with Crippen molar-refractivity contribution in [2.75, 3.05) is 11.9 Å². The zero-order chi connectivity index (χ0) is 19.9. The number of benzene rings is 2. The zero-order valence-corrected chi connectivity index (χ0v) is 15.5. The summed E-state index contributed by atoms with van der Waals surface area (Å²) in [7, 11) is 0. The predicted octanol–water partition coefficient (Wildman–Crippen LogP) is 3.52. The van der Waals surface area contributed by atoms with E-state index in [-0.39, 0.29) is 6.61 Å². The predicted molar refractivity (Wildman–Crippen MR) is 109 cm³/mol. The molecule has 1 aromatic heterocycles. The van der Waals surface area contributed by atoms with Crippen LogP contribution in [0.25, 0.3) is 11.1 Å². The second kappa shape index (κ2) is 8.83. The Morgan fingerprint density at radius 3 is 2.71 bits per heavy atom. The maximum Gasteiger partial charge on any atom is 0.320 e. The highest BCUT2D eigenvalue weighted by Gasteiger charge is 2.16. The molecule has 0 aliphatic heterocycles. The highest BCUT2D eigenvalue weighted by Crippen LogP contribution is 2.26. The van der Waals surface area contributed by atoms with Crippen LogP contribution in [0.4, 0.5) is 10.6 Å². The molecule has 2 aromatic carbocycles. The van der Waals surface area contributed by atoms with Gasteiger partial charge in [0.2, 0.25) is 0 Å². The number of nitriles is 1. The van der Waals surface area contributed by atoms with E-state index in [1.54, 1.807) is 17.5 Å². The number of amides is 2. The molecule has 1 atom stereocenters. The third-order valence-electron chi connectivity index (χ3n) is 4.01. The van der Waals surface area contributed by atoms with Crippen LogP contribution in [0, 0.1) is 23.7 Å². The van der Waals surface area contributed by atoms with Crippen molar-refractivity contribution >= 4 is 23.2 Å². The number of terminal acetylenes is 1. The summed E-state index contributed by atoms with van der Waals surface area (Å²) in [6, 6.07) is 15.8. The molecule has 0 saturated carbocycles. The third kappa shape index (κ3) is 4.36. The molecular weight excluding hydrogens is 372 g/mol. The van der Waals surface area contributed by atoms with Crippen molar-refractivity contribution in [3.8, 4) is 29.5 Å². The summed E-state index contributed by atoms with van der Waals surface area (Å²) >= 11 is 1.24. The fourth-order valence-corrected chi connectivity index (χ4v) is 3.24. The maximum atomic E-state index is 12.2. The number of carbonyl (C=O) groups excluding carboxylic acids is 1. The molecule has 0 aliphatic rings. The van der Waals surface area contributed by atoms with Gasteiger partial charge in [-0.2, -0.15) is 5.26 Å². The topological polar surface area (TPSA) is 98.0 Å². The average Bonchev–Trinajstić information content (AvgIpc) is 3.19. The Bertz CT molecular complexity index is 1060. The molecular formula is C21H16N4O2S. The number of carbonyl (C=O) groups is 1. The first kappa shape index (κ1) is 19.1. The molecule has 1 unspecified atom stereocenters. The van der Waals surface area contributed by atoms with Gasteiger partial charge in [0.25, 0.3) is 0 Å². The van der Waals surface area contributed by atoms with Crippen LogP contribution in [0.1, 0.15) is 22.2 Å². The van der Waals surface area contributed by atoms with Gasteiger partial charge in [0, 0.05) is 5.38 Å². The Morgan fingerprint density at radius 1 is 1.29 bits per heavy atom. The van der Waals surface area contributed by atoms with E-state index in [4.69, 9.17) is 6.42 Å². The first-order chi connectivity index (χ1) is 13.6. The van der Waals surface area contributed by atoms with E-state index in [2.05, 4.69) is 27.6 Å². The molecule has 28 heavy (non-hydrogen) atoms. The zero-order valence-electron chi connectivity index (χ0n) is 14.7. The fourth-order valence-electron chi connectivity index (χ4n) is 2.68. The minimum absolute atomic E-state index is 0.324. The maximum absolute atomic E-state index is 12.2. The number of aliphatic hydroxyl groups excluding tert-OH is 1. The molecule has 7 heteroatoms. The van der Waals surface area contributed by atoms with Crippen molar-refractivity contribution in [1.29, 1.82) is 5.26 Å². The number of rotatable bonds is 5. The SMILES string of the molecule is C#Cc1nc(NC(=O)NC(CO)c2ccc(-c3ccccc3)c(C#N)c2)cs1. The number of urea groups is 1. The summed E-state index contributed by atoms with van der Waals surface area (Å²) in [5.41, 5.74) is 2.79. The number of hydrogen-bond acceptors (Lipinski definition) is 5. The smallest absolute Gasteiger partial charge is 0.320 e. The Morgan fingerprint density at radius 2 is 2.07 bits per heavy atom. The molecule has 0 bridgehead atoms. The van der Waals surface area contributed by atoms with Crippen molar-refractivity contribution in [3.63, 3.8) is 0 Å². The third-order valence-corrected chi connectivity index (χ3v) is 4.78. The minimum atomic E-state index is -0.678. The van der Waals surface area contributed by atoms with Crippen LogP contribution in [0.3, 0.4) is 0 Å². The second-order valence-electron chi connectivity index (χ2n) is 5.80. The van der Waals surface area contributed by atoms with E-state index in [1.807, 2.05) is 36.4 Å². The largest absolute Gasteiger partial charge is 0.394 e. The Labute approximate surface area is 166 Å². The number of anilines is 1. The van der Waals surface area contributed by atoms with Crippen LogP contribution in [-0.4, -0.2) is 22.7 Å². The van der Waals surface area contributed by atoms with Gasteiger partial charge >= 0.3 is 6.03 Å². The van der Waals surface area contributed by atoms with Gasteiger partial charge in [-0.25, -0.2) is 9.78 Å². The lowest BCUT2D eigenvalue weighted by molar-refractivity contribution is 0.225. The summed E-state index contributed by atoms with van der Waals surface area (Å²) in [5.74, 6) is 2.73. The van der Waals surface area contributed by atoms with Crippen molar-refractivity contribution in [2.45, 2.75) is 6.04 Å². The Hall–Kier alpha value is -3.65. The molecule has 1 heterocycles. The van der Waals surface area contributed by atoms with Crippen molar-refractivity contribution in [3.05, 3.63) is 70.0 Å². The van der Waals surface area contributed by atoms with E-state index >= 15 is 0 Å². The number of aromatic nitrogens is 1. The van der Waals surface area contributed by atoms with Crippen molar-refractivity contribution < 1.29 is 9.90 Å². The van der Waals surface area contributed by atoms with Crippen molar-refractivity contribution in [1.82, 2.24) is 10.3 Å². The lowest BCUT2D eigenvalue weighted by Gasteiger charge is -2.18. The van der Waals surface area contributed by atoms with Gasteiger partial charge in [0.1, 0.15) is 5.82 Å². The minimum Gasteiger partial charge on any atom is -0.394 e. The van der Waals surface area contributed by atoms with E-state index in [1.165, 1.54) is 11.3 Å². The fraction of sp³-hybridized carbons (Fsp3) is 0.0952. The van der Waals surface area contributed by atoms with Crippen molar-refractivity contribution in [2.24, 2.45) is 0 Å². The summed E-state index contributed by atoms with van der Waals surface area (Å²) < 4.78 is 0. The molecule has 3 aromatic rings. The lowest BCUT2D eigenvalue weighted by atomic mass is 9.96. The van der Waals surface area contributed by atoms with Gasteiger partial charge in [-0.15, -0.1) is 17.8 Å². The molecule has 0 aliphatic carbocycles. The molecule has 0 fully saturated rings. The highest BCUT2D eigenvalue weighted by molar-refractivity contribution is 7.10. The molecule has 0 spiro atoms. The standard InChI is InChI=1S/C21H16N4O2S/c1-2-20-24-19(13-28-20)25-21(27)23-18(12-26)15-8-9-17(16(10-15)11-22)14-6-4-3-5-7-14/h1,3-10,13,18,26H,12H2,(H2,23,25,27). The van der Waals surface area contributed by atoms with Crippen LogP contribution in [0.5, 0.6) is 0 Å². The molecule has 3 rings (SSSR count). The quantitative estimate of drug-likeness (QED) is 0.583. The Kier molecular flexibility index (Phi) is 6.03. The summed E-state index contributed by atoms with van der Waals surface area (Å²) in [5, 5.41) is 26.6. The highest BCUT2D eigenvalue weighted by atomic mass is 32.1. The van der Waals surface area contributed by atoms with Gasteiger partial charge in [-0.1, -0.05) is 42.5 Å². The van der Waals surface area contributed by atoms with Gasteiger partial charge < -0.3 is 10.4 Å². The van der Waals surface area contributed by atoms with Gasteiger partial charge in [0.15, 0.2) is 5.01 Å². The average molecular weight is 388 g/mol. The number of thiazole rings is 1. The van der Waals surface area contributed by atoms with E-state index in [9.17, 15) is 15.2 Å². The number of hydrogen-bond donors (Lipinski definition) is 3. The first-order valence-corrected chi connectivity index (χ1v) is 9.22. The Balaban J connectivity index is 1.77. The van der Waals surface area contributed by atoms with Crippen LogP contribution in [-0.2, 0) is 0 Å². The van der Waals surface area contributed by atoms with Gasteiger partial charge in [-0.3, -0.25) is 5.32 Å². The van der Waals surface area contributed by atoms with Gasteiger partial charge in [-0.05, 0) is 28.7 Å². The van der Waals surface area contributed by atoms with Crippen LogP contribution in [0.15, 0.2) is 53.9 Å². The monoisotopic (exact) mass is 388 g/mol. The number of nitrogens with one attached hydrogen (secondary N) is 2. The van der Waals surface area contributed by atoms with Crippen LogP contribution in [0.2, 0.25) is 0 Å². The van der Waals surface area contributed by atoms with E-state index in [0.29, 0.717) is 22.0 Å². The van der Waals surface area contributed by atoms with Gasteiger partial charge in [0.05, 0.1) is 24.3 Å². The number of aliphatic hydroxyl groups is 1. The van der Waals surface area contributed by atoms with E-state index < -0.39 is 12.1 Å². The summed E-state index contributed by atoms with van der Waals surface area (Å²) in [6.45, 7) is -0.324. The molecule has 138 valence electrons. The molecule has 3 N–H and O–H groups in total. The molecule has 2 amide bonds.